The standard InChI is InChI=1S/C13H21N3/c1-4-10(2)9-16-11(3)12(8-15-16)7-14-13-5-6-13/h8,13-14H,2,4-7,9H2,1,3H3. The maximum Gasteiger partial charge on any atom is 0.0619 e. The minimum Gasteiger partial charge on any atom is -0.310 e. The van der Waals surface area contributed by atoms with E-state index in [4.69, 9.17) is 0 Å². The van der Waals surface area contributed by atoms with Gasteiger partial charge in [-0.2, -0.15) is 5.10 Å². The fourth-order valence-electron chi connectivity index (χ4n) is 1.68. The molecule has 1 fully saturated rings. The van der Waals surface area contributed by atoms with Gasteiger partial charge in [0.1, 0.15) is 0 Å². The van der Waals surface area contributed by atoms with Crippen LogP contribution in [0.2, 0.25) is 0 Å². The van der Waals surface area contributed by atoms with Crippen LogP contribution in [0, 0.1) is 6.92 Å². The summed E-state index contributed by atoms with van der Waals surface area (Å²) in [4.78, 5) is 0. The summed E-state index contributed by atoms with van der Waals surface area (Å²) in [5.74, 6) is 0. The molecule has 3 heteroatoms. The van der Waals surface area contributed by atoms with Crippen LogP contribution >= 0.6 is 0 Å². The second kappa shape index (κ2) is 4.83. The molecule has 1 aromatic heterocycles. The van der Waals surface area contributed by atoms with Gasteiger partial charge in [0, 0.05) is 23.8 Å². The number of aromatic nitrogens is 2. The molecule has 1 heterocycles. The third-order valence-electron chi connectivity index (χ3n) is 3.24. The Morgan fingerprint density at radius 3 is 3.00 bits per heavy atom. The molecule has 88 valence electrons. The predicted octanol–water partition coefficient (Wildman–Crippen LogP) is 2.41. The molecule has 0 radical (unpaired) electrons. The molecule has 0 aliphatic heterocycles. The van der Waals surface area contributed by atoms with E-state index in [0.29, 0.717) is 0 Å². The molecule has 0 aromatic carbocycles. The first-order valence-corrected chi connectivity index (χ1v) is 6.12. The fraction of sp³-hybridized carbons (Fsp3) is 0.615. The largest absolute Gasteiger partial charge is 0.310 e. The van der Waals surface area contributed by atoms with Gasteiger partial charge in [0.2, 0.25) is 0 Å². The summed E-state index contributed by atoms with van der Waals surface area (Å²) in [6.45, 7) is 10.1. The Labute approximate surface area is 97.5 Å². The second-order valence-corrected chi connectivity index (χ2v) is 4.67. The number of hydrogen-bond acceptors (Lipinski definition) is 2. The van der Waals surface area contributed by atoms with Crippen molar-refractivity contribution in [1.29, 1.82) is 0 Å². The van der Waals surface area contributed by atoms with Crippen LogP contribution in [0.25, 0.3) is 0 Å². The monoisotopic (exact) mass is 219 g/mol. The molecule has 0 atom stereocenters. The Bertz CT molecular complexity index is 375. The molecular formula is C13H21N3. The smallest absolute Gasteiger partial charge is 0.0619 e. The van der Waals surface area contributed by atoms with Gasteiger partial charge in [-0.05, 0) is 26.2 Å². The predicted molar refractivity (Wildman–Crippen MR) is 66.3 cm³/mol. The lowest BCUT2D eigenvalue weighted by Crippen LogP contribution is -2.16. The zero-order chi connectivity index (χ0) is 11.5. The van der Waals surface area contributed by atoms with Gasteiger partial charge in [-0.15, -0.1) is 0 Å². The summed E-state index contributed by atoms with van der Waals surface area (Å²) >= 11 is 0. The van der Waals surface area contributed by atoms with E-state index in [2.05, 4.69) is 35.5 Å². The van der Waals surface area contributed by atoms with Crippen molar-refractivity contribution in [1.82, 2.24) is 15.1 Å². The molecule has 16 heavy (non-hydrogen) atoms. The number of rotatable bonds is 6. The molecule has 1 aliphatic carbocycles. The first-order chi connectivity index (χ1) is 7.70. The van der Waals surface area contributed by atoms with Crippen molar-refractivity contribution in [2.75, 3.05) is 0 Å². The Morgan fingerprint density at radius 1 is 1.62 bits per heavy atom. The maximum atomic E-state index is 4.42. The van der Waals surface area contributed by atoms with Crippen LogP contribution in [0.15, 0.2) is 18.3 Å². The summed E-state index contributed by atoms with van der Waals surface area (Å²) in [6.07, 6.45) is 5.67. The molecule has 0 spiro atoms. The van der Waals surface area contributed by atoms with Crippen molar-refractivity contribution in [3.05, 3.63) is 29.6 Å². The first kappa shape index (κ1) is 11.4. The van der Waals surface area contributed by atoms with E-state index in [0.717, 1.165) is 25.6 Å². The van der Waals surface area contributed by atoms with Gasteiger partial charge in [0.05, 0.1) is 12.7 Å². The van der Waals surface area contributed by atoms with Gasteiger partial charge in [0.25, 0.3) is 0 Å². The topological polar surface area (TPSA) is 29.9 Å². The van der Waals surface area contributed by atoms with Crippen LogP contribution in [0.5, 0.6) is 0 Å². The van der Waals surface area contributed by atoms with Crippen molar-refractivity contribution < 1.29 is 0 Å². The van der Waals surface area contributed by atoms with E-state index in [1.54, 1.807) is 0 Å². The van der Waals surface area contributed by atoms with Crippen LogP contribution < -0.4 is 5.32 Å². The van der Waals surface area contributed by atoms with Crippen molar-refractivity contribution in [3.63, 3.8) is 0 Å². The van der Waals surface area contributed by atoms with Crippen LogP contribution in [0.3, 0.4) is 0 Å². The number of hydrogen-bond donors (Lipinski definition) is 1. The van der Waals surface area contributed by atoms with Crippen LogP contribution in [0.4, 0.5) is 0 Å². The van der Waals surface area contributed by atoms with Crippen LogP contribution in [-0.2, 0) is 13.1 Å². The van der Waals surface area contributed by atoms with E-state index in [1.807, 2.05) is 6.20 Å². The molecule has 1 aliphatic rings. The molecule has 3 nitrogen and oxygen atoms in total. The van der Waals surface area contributed by atoms with E-state index in [9.17, 15) is 0 Å². The molecule has 1 saturated carbocycles. The van der Waals surface area contributed by atoms with Crippen molar-refractivity contribution in [2.24, 2.45) is 0 Å². The molecule has 0 bridgehead atoms. The minimum absolute atomic E-state index is 0.758. The maximum absolute atomic E-state index is 4.42. The van der Waals surface area contributed by atoms with Gasteiger partial charge >= 0.3 is 0 Å². The Hall–Kier alpha value is -1.09. The highest BCUT2D eigenvalue weighted by atomic mass is 15.3. The van der Waals surface area contributed by atoms with Gasteiger partial charge in [-0.1, -0.05) is 19.1 Å². The molecular weight excluding hydrogens is 198 g/mol. The highest BCUT2D eigenvalue weighted by Crippen LogP contribution is 2.20. The van der Waals surface area contributed by atoms with E-state index in [1.165, 1.54) is 29.7 Å². The highest BCUT2D eigenvalue weighted by molar-refractivity contribution is 5.17. The zero-order valence-electron chi connectivity index (χ0n) is 10.3. The average molecular weight is 219 g/mol. The molecule has 1 N–H and O–H groups in total. The van der Waals surface area contributed by atoms with Crippen molar-refractivity contribution >= 4 is 0 Å². The van der Waals surface area contributed by atoms with Crippen molar-refractivity contribution in [3.8, 4) is 0 Å². The van der Waals surface area contributed by atoms with E-state index in [-0.39, 0.29) is 0 Å². The first-order valence-electron chi connectivity index (χ1n) is 6.12. The third-order valence-corrected chi connectivity index (χ3v) is 3.24. The lowest BCUT2D eigenvalue weighted by atomic mass is 10.2. The molecule has 2 rings (SSSR count). The normalized spacial score (nSPS) is 15.4. The highest BCUT2D eigenvalue weighted by Gasteiger charge is 2.20. The number of nitrogens with one attached hydrogen (secondary N) is 1. The quantitative estimate of drug-likeness (QED) is 0.745. The third kappa shape index (κ3) is 2.73. The van der Waals surface area contributed by atoms with Gasteiger partial charge in [0.15, 0.2) is 0 Å². The lowest BCUT2D eigenvalue weighted by Gasteiger charge is -2.07. The SMILES string of the molecule is C=C(CC)Cn1ncc(CNC2CC2)c1C. The van der Waals surface area contributed by atoms with E-state index < -0.39 is 0 Å². The second-order valence-electron chi connectivity index (χ2n) is 4.67. The van der Waals surface area contributed by atoms with Gasteiger partial charge in [-0.3, -0.25) is 4.68 Å². The summed E-state index contributed by atoms with van der Waals surface area (Å²) < 4.78 is 2.05. The van der Waals surface area contributed by atoms with Crippen LogP contribution in [0.1, 0.15) is 37.4 Å². The average Bonchev–Trinajstić information content (AvgIpc) is 3.05. The minimum atomic E-state index is 0.758. The molecule has 0 unspecified atom stereocenters. The van der Waals surface area contributed by atoms with E-state index >= 15 is 0 Å². The Kier molecular flexibility index (Phi) is 3.44. The molecule has 0 amide bonds. The number of nitrogens with zero attached hydrogens (tertiary/aromatic N) is 2. The van der Waals surface area contributed by atoms with Gasteiger partial charge < -0.3 is 5.32 Å². The summed E-state index contributed by atoms with van der Waals surface area (Å²) in [7, 11) is 0. The number of allylic oxidation sites excluding steroid dienone is 1. The Balaban J connectivity index is 1.95. The zero-order valence-corrected chi connectivity index (χ0v) is 10.3. The van der Waals surface area contributed by atoms with Crippen molar-refractivity contribution in [2.45, 2.75) is 52.2 Å². The molecule has 0 saturated heterocycles. The molecule has 1 aromatic rings. The van der Waals surface area contributed by atoms with Gasteiger partial charge in [-0.25, -0.2) is 0 Å². The summed E-state index contributed by atoms with van der Waals surface area (Å²) in [6, 6.07) is 0.758. The summed E-state index contributed by atoms with van der Waals surface area (Å²) in [5, 5.41) is 7.94. The Morgan fingerprint density at radius 2 is 2.38 bits per heavy atom. The summed E-state index contributed by atoms with van der Waals surface area (Å²) in [5.41, 5.74) is 3.81. The van der Waals surface area contributed by atoms with Crippen LogP contribution in [-0.4, -0.2) is 15.8 Å². The lowest BCUT2D eigenvalue weighted by molar-refractivity contribution is 0.638. The fourth-order valence-corrected chi connectivity index (χ4v) is 1.68.